The maximum Gasteiger partial charge on any atom is 0.325 e. The minimum absolute atomic E-state index is 0.282. The van der Waals surface area contributed by atoms with Gasteiger partial charge in [0.2, 0.25) is 0 Å². The van der Waals surface area contributed by atoms with Gasteiger partial charge >= 0.3 is 6.03 Å². The molecule has 0 aliphatic heterocycles. The number of anilines is 2. The Morgan fingerprint density at radius 2 is 1.83 bits per heavy atom. The van der Waals surface area contributed by atoms with Crippen LogP contribution in [-0.2, 0) is 6.54 Å². The second-order valence-corrected chi connectivity index (χ2v) is 7.01. The quantitative estimate of drug-likeness (QED) is 0.564. The highest BCUT2D eigenvalue weighted by Gasteiger charge is 2.17. The molecule has 0 unspecified atom stereocenters. The van der Waals surface area contributed by atoms with E-state index in [9.17, 15) is 14.0 Å². The summed E-state index contributed by atoms with van der Waals surface area (Å²) < 4.78 is 18.2. The molecule has 9 heteroatoms. The van der Waals surface area contributed by atoms with Gasteiger partial charge in [-0.15, -0.1) is 0 Å². The fourth-order valence-electron chi connectivity index (χ4n) is 2.56. The number of methoxy groups -OCH3 is 1. The first-order valence-corrected chi connectivity index (χ1v) is 9.49. The van der Waals surface area contributed by atoms with Gasteiger partial charge in [0.1, 0.15) is 16.4 Å². The molecule has 3 N–H and O–H groups in total. The maximum absolute atomic E-state index is 12.9. The van der Waals surface area contributed by atoms with Crippen LogP contribution in [0.2, 0.25) is 0 Å². The number of aromatic nitrogens is 1. The molecule has 0 fully saturated rings. The van der Waals surface area contributed by atoms with E-state index < -0.39 is 11.8 Å². The largest absolute Gasteiger partial charge is 0.496 e. The fraction of sp³-hybridized carbons (Fsp3) is 0.150. The van der Waals surface area contributed by atoms with E-state index in [0.29, 0.717) is 28.6 Å². The van der Waals surface area contributed by atoms with E-state index >= 15 is 0 Å². The van der Waals surface area contributed by atoms with Gasteiger partial charge in [-0.05, 0) is 37.3 Å². The van der Waals surface area contributed by atoms with E-state index in [0.717, 1.165) is 16.9 Å². The first-order chi connectivity index (χ1) is 14.0. The summed E-state index contributed by atoms with van der Waals surface area (Å²) in [5.41, 5.74) is 1.79. The Hall–Kier alpha value is -3.46. The topological polar surface area (TPSA) is 92.4 Å². The van der Waals surface area contributed by atoms with Gasteiger partial charge in [0.05, 0.1) is 12.8 Å². The number of hydrogen-bond donors (Lipinski definition) is 3. The van der Waals surface area contributed by atoms with Crippen LogP contribution in [0.25, 0.3) is 0 Å². The first kappa shape index (κ1) is 20.3. The highest BCUT2D eigenvalue weighted by Crippen LogP contribution is 2.23. The van der Waals surface area contributed by atoms with Crippen LogP contribution >= 0.6 is 11.3 Å². The molecule has 3 amide bonds. The highest BCUT2D eigenvalue weighted by molar-refractivity contribution is 7.17. The molecule has 150 valence electrons. The number of carbonyl (C=O) groups excluding carboxylic acids is 2. The Morgan fingerprint density at radius 3 is 2.55 bits per heavy atom. The Balaban J connectivity index is 1.60. The van der Waals surface area contributed by atoms with Gasteiger partial charge in [-0.2, -0.15) is 0 Å². The zero-order chi connectivity index (χ0) is 20.8. The molecule has 3 rings (SSSR count). The molecule has 0 aliphatic carbocycles. The summed E-state index contributed by atoms with van der Waals surface area (Å²) in [4.78, 5) is 29.2. The van der Waals surface area contributed by atoms with Crippen LogP contribution in [0.3, 0.4) is 0 Å². The lowest BCUT2D eigenvalue weighted by atomic mass is 10.2. The predicted molar refractivity (Wildman–Crippen MR) is 110 cm³/mol. The summed E-state index contributed by atoms with van der Waals surface area (Å²) in [7, 11) is 1.57. The van der Waals surface area contributed by atoms with E-state index in [2.05, 4.69) is 20.9 Å². The fourth-order valence-corrected chi connectivity index (χ4v) is 3.44. The van der Waals surface area contributed by atoms with Crippen LogP contribution in [0.1, 0.15) is 20.9 Å². The lowest BCUT2D eigenvalue weighted by Gasteiger charge is -2.09. The number of carbonyl (C=O) groups is 2. The number of thiazole rings is 1. The minimum atomic E-state index is -0.536. The number of rotatable bonds is 6. The van der Waals surface area contributed by atoms with Crippen LogP contribution in [0.5, 0.6) is 5.75 Å². The number of nitrogens with zero attached hydrogens (tertiary/aromatic N) is 1. The van der Waals surface area contributed by atoms with Crippen molar-refractivity contribution in [2.75, 3.05) is 17.7 Å². The second-order valence-electron chi connectivity index (χ2n) is 6.01. The van der Waals surface area contributed by atoms with E-state index in [1.165, 1.54) is 24.3 Å². The van der Waals surface area contributed by atoms with Crippen molar-refractivity contribution >= 4 is 34.1 Å². The van der Waals surface area contributed by atoms with Gasteiger partial charge in [-0.25, -0.2) is 14.2 Å². The first-order valence-electron chi connectivity index (χ1n) is 8.67. The molecule has 3 aromatic rings. The molecule has 0 bridgehead atoms. The molecule has 7 nitrogen and oxygen atoms in total. The van der Waals surface area contributed by atoms with Crippen molar-refractivity contribution in [1.29, 1.82) is 0 Å². The summed E-state index contributed by atoms with van der Waals surface area (Å²) in [5.74, 6) is 0.00169. The van der Waals surface area contributed by atoms with Crippen molar-refractivity contribution in [2.45, 2.75) is 13.5 Å². The summed E-state index contributed by atoms with van der Waals surface area (Å²) in [6.45, 7) is 1.99. The van der Waals surface area contributed by atoms with Crippen molar-refractivity contribution < 1.29 is 18.7 Å². The molecular weight excluding hydrogens is 395 g/mol. The van der Waals surface area contributed by atoms with Gasteiger partial charge in [0, 0.05) is 17.8 Å². The predicted octanol–water partition coefficient (Wildman–Crippen LogP) is 4.17. The second kappa shape index (κ2) is 9.16. The van der Waals surface area contributed by atoms with E-state index in [1.54, 1.807) is 14.0 Å². The number of para-hydroxylation sites is 1. The number of hydrogen-bond acceptors (Lipinski definition) is 5. The molecule has 29 heavy (non-hydrogen) atoms. The molecule has 0 saturated heterocycles. The lowest BCUT2D eigenvalue weighted by Crippen LogP contribution is -2.22. The lowest BCUT2D eigenvalue weighted by molar-refractivity contribution is 0.0954. The summed E-state index contributed by atoms with van der Waals surface area (Å²) in [6.07, 6.45) is 0. The van der Waals surface area contributed by atoms with Gasteiger partial charge in [0.15, 0.2) is 5.13 Å². The molecule has 0 radical (unpaired) electrons. The molecule has 1 aromatic heterocycles. The standard InChI is InChI=1S/C20H19FN4O3S/c1-12-17(18(26)22-11-13-5-3-4-6-16(13)28-2)29-20(23-12)25-19(27)24-15-9-7-14(21)8-10-15/h3-10H,11H2,1-2H3,(H,22,26)(H2,23,24,25,27). The molecule has 1 heterocycles. The number of aryl methyl sites for hydroxylation is 1. The number of halogens is 1. The van der Waals surface area contributed by atoms with Crippen molar-refractivity contribution in [1.82, 2.24) is 10.3 Å². The third-order valence-electron chi connectivity index (χ3n) is 3.96. The third kappa shape index (κ3) is 5.29. The monoisotopic (exact) mass is 414 g/mol. The van der Waals surface area contributed by atoms with Crippen molar-refractivity contribution in [2.24, 2.45) is 0 Å². The van der Waals surface area contributed by atoms with Crippen LogP contribution in [0, 0.1) is 12.7 Å². The van der Waals surface area contributed by atoms with Crippen LogP contribution in [0.4, 0.5) is 20.0 Å². The zero-order valence-corrected chi connectivity index (χ0v) is 16.6. The molecule has 2 aromatic carbocycles. The van der Waals surface area contributed by atoms with Gasteiger partial charge < -0.3 is 15.4 Å². The normalized spacial score (nSPS) is 10.3. The SMILES string of the molecule is COc1ccccc1CNC(=O)c1sc(NC(=O)Nc2ccc(F)cc2)nc1C. The molecule has 0 spiro atoms. The molecule has 0 atom stereocenters. The summed E-state index contributed by atoms with van der Waals surface area (Å²) in [5, 5.41) is 8.26. The Kier molecular flexibility index (Phi) is 6.40. The zero-order valence-electron chi connectivity index (χ0n) is 15.8. The molecular formula is C20H19FN4O3S. The molecule has 0 saturated carbocycles. The Morgan fingerprint density at radius 1 is 1.10 bits per heavy atom. The minimum Gasteiger partial charge on any atom is -0.496 e. The van der Waals surface area contributed by atoms with Gasteiger partial charge in [-0.1, -0.05) is 29.5 Å². The van der Waals surface area contributed by atoms with Crippen LogP contribution in [0.15, 0.2) is 48.5 Å². The van der Waals surface area contributed by atoms with Crippen molar-refractivity contribution in [3.8, 4) is 5.75 Å². The maximum atomic E-state index is 12.9. The average molecular weight is 414 g/mol. The Labute approximate surface area is 170 Å². The van der Waals surface area contributed by atoms with Gasteiger partial charge in [-0.3, -0.25) is 10.1 Å². The number of urea groups is 1. The number of ether oxygens (including phenoxy) is 1. The number of nitrogens with one attached hydrogen (secondary N) is 3. The van der Waals surface area contributed by atoms with E-state index in [-0.39, 0.29) is 11.0 Å². The Bertz CT molecular complexity index is 1020. The van der Waals surface area contributed by atoms with Gasteiger partial charge in [0.25, 0.3) is 5.91 Å². The van der Waals surface area contributed by atoms with Crippen LogP contribution in [-0.4, -0.2) is 24.0 Å². The number of amides is 3. The van der Waals surface area contributed by atoms with Crippen molar-refractivity contribution in [3.63, 3.8) is 0 Å². The number of benzene rings is 2. The molecule has 0 aliphatic rings. The summed E-state index contributed by atoms with van der Waals surface area (Å²) >= 11 is 1.07. The third-order valence-corrected chi connectivity index (χ3v) is 5.03. The van der Waals surface area contributed by atoms with Crippen molar-refractivity contribution in [3.05, 3.63) is 70.5 Å². The summed E-state index contributed by atoms with van der Waals surface area (Å²) in [6, 6.07) is 12.2. The average Bonchev–Trinajstić information content (AvgIpc) is 3.08. The highest BCUT2D eigenvalue weighted by atomic mass is 32.1. The van der Waals surface area contributed by atoms with Crippen LogP contribution < -0.4 is 20.7 Å². The van der Waals surface area contributed by atoms with E-state index in [1.807, 2.05) is 24.3 Å². The smallest absolute Gasteiger partial charge is 0.325 e. The van der Waals surface area contributed by atoms with E-state index in [4.69, 9.17) is 4.74 Å².